The molecule has 1 amide bonds. The molecule has 6 heteroatoms. The Bertz CT molecular complexity index is 792. The van der Waals surface area contributed by atoms with E-state index in [0.29, 0.717) is 24.3 Å². The molecule has 2 aromatic carbocycles. The molecule has 3 rings (SSSR count). The molecule has 1 aliphatic rings. The van der Waals surface area contributed by atoms with Gasteiger partial charge in [-0.2, -0.15) is 0 Å². The molecule has 1 fully saturated rings. The highest BCUT2D eigenvalue weighted by Gasteiger charge is 2.31. The average Bonchev–Trinajstić information content (AvgIpc) is 3.14. The van der Waals surface area contributed by atoms with Gasteiger partial charge in [0.2, 0.25) is 0 Å². The zero-order chi connectivity index (χ0) is 19.2. The number of carboxylic acids is 1. The maximum Gasteiger partial charge on any atom is 0.341 e. The van der Waals surface area contributed by atoms with Crippen LogP contribution in [0.15, 0.2) is 54.6 Å². The number of hydrogen-bond donors (Lipinski definition) is 2. The van der Waals surface area contributed by atoms with Gasteiger partial charge in [0.05, 0.1) is 6.10 Å². The summed E-state index contributed by atoms with van der Waals surface area (Å²) in [6.07, 6.45) is 1.62. The van der Waals surface area contributed by atoms with Gasteiger partial charge in [-0.15, -0.1) is 0 Å². The summed E-state index contributed by atoms with van der Waals surface area (Å²) in [6, 6.07) is 16.0. The molecule has 0 bridgehead atoms. The van der Waals surface area contributed by atoms with Crippen LogP contribution in [0.1, 0.15) is 41.3 Å². The second kappa shape index (κ2) is 8.68. The van der Waals surface area contributed by atoms with Crippen LogP contribution in [0.4, 0.5) is 0 Å². The molecular formula is C21H23NO5. The summed E-state index contributed by atoms with van der Waals surface area (Å²) in [5, 5.41) is 19.2. The summed E-state index contributed by atoms with van der Waals surface area (Å²) >= 11 is 0. The van der Waals surface area contributed by atoms with E-state index in [4.69, 9.17) is 9.84 Å². The average molecular weight is 369 g/mol. The molecule has 2 N–H and O–H groups in total. The first-order valence-electron chi connectivity index (χ1n) is 9.03. The number of carbonyl (C=O) groups excluding carboxylic acids is 1. The Balaban J connectivity index is 1.68. The molecule has 6 nitrogen and oxygen atoms in total. The SMILES string of the molecule is O=C(O)COc1cccc(C(=O)N2CCCC2CC(O)c2ccccc2)c1. The number of carboxylic acid groups (broad SMARTS) is 1. The molecule has 0 radical (unpaired) electrons. The van der Waals surface area contributed by atoms with E-state index in [9.17, 15) is 14.7 Å². The molecule has 27 heavy (non-hydrogen) atoms. The van der Waals surface area contributed by atoms with Crippen molar-refractivity contribution >= 4 is 11.9 Å². The van der Waals surface area contributed by atoms with Crippen LogP contribution in [0.3, 0.4) is 0 Å². The number of amides is 1. The van der Waals surface area contributed by atoms with Crippen LogP contribution < -0.4 is 4.74 Å². The van der Waals surface area contributed by atoms with Gasteiger partial charge in [0, 0.05) is 18.2 Å². The molecule has 0 spiro atoms. The van der Waals surface area contributed by atoms with Gasteiger partial charge in [-0.25, -0.2) is 4.79 Å². The van der Waals surface area contributed by atoms with Crippen LogP contribution in [0.5, 0.6) is 5.75 Å². The molecular weight excluding hydrogens is 346 g/mol. The third-order valence-corrected chi connectivity index (χ3v) is 4.76. The van der Waals surface area contributed by atoms with Crippen LogP contribution in [-0.4, -0.2) is 46.2 Å². The Hall–Kier alpha value is -2.86. The predicted molar refractivity (Wildman–Crippen MR) is 99.7 cm³/mol. The number of ether oxygens (including phenoxy) is 1. The van der Waals surface area contributed by atoms with Gasteiger partial charge in [0.1, 0.15) is 5.75 Å². The first-order chi connectivity index (χ1) is 13.0. The molecule has 0 saturated carbocycles. The lowest BCUT2D eigenvalue weighted by atomic mass is 10.00. The zero-order valence-electron chi connectivity index (χ0n) is 15.0. The second-order valence-corrected chi connectivity index (χ2v) is 6.67. The lowest BCUT2D eigenvalue weighted by molar-refractivity contribution is -0.139. The molecule has 142 valence electrons. The summed E-state index contributed by atoms with van der Waals surface area (Å²) < 4.78 is 5.16. The van der Waals surface area contributed by atoms with E-state index < -0.39 is 18.7 Å². The number of aliphatic carboxylic acids is 1. The summed E-state index contributed by atoms with van der Waals surface area (Å²) in [7, 11) is 0. The van der Waals surface area contributed by atoms with Gasteiger partial charge >= 0.3 is 5.97 Å². The first kappa shape index (κ1) is 18.9. The predicted octanol–water partition coefficient (Wildman–Crippen LogP) is 2.88. The number of benzene rings is 2. The number of nitrogens with zero attached hydrogens (tertiary/aromatic N) is 1. The zero-order valence-corrected chi connectivity index (χ0v) is 15.0. The first-order valence-corrected chi connectivity index (χ1v) is 9.03. The van der Waals surface area contributed by atoms with Gasteiger partial charge in [0.15, 0.2) is 6.61 Å². The fourth-order valence-corrected chi connectivity index (χ4v) is 3.45. The lowest BCUT2D eigenvalue weighted by Crippen LogP contribution is -2.36. The number of carbonyl (C=O) groups is 2. The van der Waals surface area contributed by atoms with Crippen molar-refractivity contribution in [2.75, 3.05) is 13.2 Å². The normalized spacial score (nSPS) is 17.5. The highest BCUT2D eigenvalue weighted by atomic mass is 16.5. The van der Waals surface area contributed by atoms with Crippen molar-refractivity contribution in [2.45, 2.75) is 31.4 Å². The molecule has 1 aliphatic heterocycles. The highest BCUT2D eigenvalue weighted by Crippen LogP contribution is 2.29. The minimum Gasteiger partial charge on any atom is -0.482 e. The molecule has 1 saturated heterocycles. The van der Waals surface area contributed by atoms with E-state index in [1.54, 1.807) is 29.2 Å². The van der Waals surface area contributed by atoms with Crippen molar-refractivity contribution in [1.82, 2.24) is 4.90 Å². The maximum atomic E-state index is 12.9. The van der Waals surface area contributed by atoms with Crippen LogP contribution in [-0.2, 0) is 4.79 Å². The Morgan fingerprint density at radius 1 is 1.15 bits per heavy atom. The third-order valence-electron chi connectivity index (χ3n) is 4.76. The Kier molecular flexibility index (Phi) is 6.08. The van der Waals surface area contributed by atoms with Crippen molar-refractivity contribution in [2.24, 2.45) is 0 Å². The van der Waals surface area contributed by atoms with Crippen molar-refractivity contribution in [3.05, 3.63) is 65.7 Å². The van der Waals surface area contributed by atoms with Crippen LogP contribution in [0, 0.1) is 0 Å². The highest BCUT2D eigenvalue weighted by molar-refractivity contribution is 5.95. The minimum atomic E-state index is -1.07. The van der Waals surface area contributed by atoms with E-state index in [-0.39, 0.29) is 11.9 Å². The summed E-state index contributed by atoms with van der Waals surface area (Å²) in [6.45, 7) is 0.193. The summed E-state index contributed by atoms with van der Waals surface area (Å²) in [5.41, 5.74) is 1.31. The Labute approximate surface area is 158 Å². The van der Waals surface area contributed by atoms with Gasteiger partial charge in [-0.05, 0) is 43.0 Å². The van der Waals surface area contributed by atoms with Crippen molar-refractivity contribution in [1.29, 1.82) is 0 Å². The molecule has 0 aliphatic carbocycles. The Morgan fingerprint density at radius 2 is 1.93 bits per heavy atom. The van der Waals surface area contributed by atoms with E-state index in [1.165, 1.54) is 0 Å². The van der Waals surface area contributed by atoms with Gasteiger partial charge in [-0.1, -0.05) is 36.4 Å². The summed E-state index contributed by atoms with van der Waals surface area (Å²) in [5.74, 6) is -0.844. The van der Waals surface area contributed by atoms with Gasteiger partial charge in [-0.3, -0.25) is 4.79 Å². The molecule has 2 atom stereocenters. The third kappa shape index (κ3) is 4.86. The Morgan fingerprint density at radius 3 is 2.67 bits per heavy atom. The van der Waals surface area contributed by atoms with Crippen LogP contribution in [0.25, 0.3) is 0 Å². The van der Waals surface area contributed by atoms with Crippen molar-refractivity contribution in [3.8, 4) is 5.75 Å². The molecule has 1 heterocycles. The van der Waals surface area contributed by atoms with Crippen molar-refractivity contribution < 1.29 is 24.5 Å². The quantitative estimate of drug-likeness (QED) is 0.784. The molecule has 2 unspecified atom stereocenters. The van der Waals surface area contributed by atoms with Crippen LogP contribution >= 0.6 is 0 Å². The second-order valence-electron chi connectivity index (χ2n) is 6.67. The van der Waals surface area contributed by atoms with Crippen molar-refractivity contribution in [3.63, 3.8) is 0 Å². The van der Waals surface area contributed by atoms with E-state index in [2.05, 4.69) is 0 Å². The molecule has 0 aromatic heterocycles. The largest absolute Gasteiger partial charge is 0.482 e. The maximum absolute atomic E-state index is 12.9. The molecule has 2 aromatic rings. The standard InChI is InChI=1S/C21H23NO5/c23-19(15-6-2-1-3-7-15)13-17-9-5-11-22(17)21(26)16-8-4-10-18(12-16)27-14-20(24)25/h1-4,6-8,10,12,17,19,23H,5,9,11,13-14H2,(H,24,25). The van der Waals surface area contributed by atoms with E-state index >= 15 is 0 Å². The minimum absolute atomic E-state index is 0.0312. The van der Waals surface area contributed by atoms with Crippen LogP contribution in [0.2, 0.25) is 0 Å². The number of aliphatic hydroxyl groups is 1. The topological polar surface area (TPSA) is 87.1 Å². The van der Waals surface area contributed by atoms with E-state index in [1.807, 2.05) is 30.3 Å². The monoisotopic (exact) mass is 369 g/mol. The van der Waals surface area contributed by atoms with E-state index in [0.717, 1.165) is 18.4 Å². The number of aliphatic hydroxyl groups excluding tert-OH is 1. The fraction of sp³-hybridized carbons (Fsp3) is 0.333. The summed E-state index contributed by atoms with van der Waals surface area (Å²) in [4.78, 5) is 25.4. The number of hydrogen-bond acceptors (Lipinski definition) is 4. The smallest absolute Gasteiger partial charge is 0.341 e. The number of rotatable bonds is 7. The lowest BCUT2D eigenvalue weighted by Gasteiger charge is -2.27. The van der Waals surface area contributed by atoms with Gasteiger partial charge in [0.25, 0.3) is 5.91 Å². The fourth-order valence-electron chi connectivity index (χ4n) is 3.45. The van der Waals surface area contributed by atoms with Gasteiger partial charge < -0.3 is 19.8 Å². The number of likely N-dealkylation sites (tertiary alicyclic amines) is 1.